The largest absolute Gasteiger partial charge is 0.272 e. The molecule has 0 unspecified atom stereocenters. The number of hydrazine groups is 1. The van der Waals surface area contributed by atoms with Crippen molar-refractivity contribution >= 4 is 39.3 Å². The molecule has 2 N–H and O–H groups in total. The van der Waals surface area contributed by atoms with Gasteiger partial charge in [-0.2, -0.15) is 0 Å². The van der Waals surface area contributed by atoms with Gasteiger partial charge >= 0.3 is 0 Å². The minimum atomic E-state index is -0.457. The summed E-state index contributed by atoms with van der Waals surface area (Å²) >= 11 is 8.58. The minimum Gasteiger partial charge on any atom is -0.272 e. The molecule has 0 bridgehead atoms. The Morgan fingerprint density at radius 1 is 1.38 bits per heavy atom. The molecule has 1 aromatic rings. The lowest BCUT2D eigenvalue weighted by Crippen LogP contribution is -2.42. The number of halogens is 2. The molecule has 86 valence electrons. The fourth-order valence-electron chi connectivity index (χ4n) is 0.966. The molecule has 0 aromatic heterocycles. The number of alkyl halides is 1. The number of carbonyl (C=O) groups is 2. The third kappa shape index (κ3) is 3.50. The maximum atomic E-state index is 11.5. The fourth-order valence-corrected chi connectivity index (χ4v) is 1.41. The summed E-state index contributed by atoms with van der Waals surface area (Å²) in [6.07, 6.45) is 0. The van der Waals surface area contributed by atoms with Gasteiger partial charge in [0.25, 0.3) is 11.8 Å². The molecule has 1 rings (SSSR count). The molecule has 1 aromatic carbocycles. The average molecular weight is 306 g/mol. The SMILES string of the molecule is Cc1ccc(C(=O)NNC(=O)CCl)cc1Br. The Labute approximate surface area is 106 Å². The summed E-state index contributed by atoms with van der Waals surface area (Å²) in [4.78, 5) is 22.3. The Morgan fingerprint density at radius 3 is 2.62 bits per heavy atom. The van der Waals surface area contributed by atoms with Crippen LogP contribution in [-0.4, -0.2) is 17.7 Å². The fraction of sp³-hybridized carbons (Fsp3) is 0.200. The van der Waals surface area contributed by atoms with Crippen LogP contribution in [0.4, 0.5) is 0 Å². The summed E-state index contributed by atoms with van der Waals surface area (Å²) in [5.41, 5.74) is 5.91. The number of rotatable bonds is 2. The number of nitrogens with one attached hydrogen (secondary N) is 2. The van der Waals surface area contributed by atoms with E-state index in [1.807, 2.05) is 13.0 Å². The molecule has 0 heterocycles. The lowest BCUT2D eigenvalue weighted by Gasteiger charge is -2.06. The van der Waals surface area contributed by atoms with Crippen molar-refractivity contribution in [2.24, 2.45) is 0 Å². The molecule has 6 heteroatoms. The summed E-state index contributed by atoms with van der Waals surface area (Å²) in [7, 11) is 0. The Balaban J connectivity index is 2.66. The second-order valence-corrected chi connectivity index (χ2v) is 4.22. The topological polar surface area (TPSA) is 58.2 Å². The molecule has 0 radical (unpaired) electrons. The number of benzene rings is 1. The van der Waals surface area contributed by atoms with Gasteiger partial charge in [0.1, 0.15) is 5.88 Å². The van der Waals surface area contributed by atoms with E-state index in [2.05, 4.69) is 26.8 Å². The van der Waals surface area contributed by atoms with Gasteiger partial charge in [-0.1, -0.05) is 22.0 Å². The number of carbonyl (C=O) groups excluding carboxylic acids is 2. The molecule has 2 amide bonds. The van der Waals surface area contributed by atoms with Crippen molar-refractivity contribution < 1.29 is 9.59 Å². The highest BCUT2D eigenvalue weighted by molar-refractivity contribution is 9.10. The van der Waals surface area contributed by atoms with E-state index in [1.165, 1.54) is 0 Å². The van der Waals surface area contributed by atoms with Crippen molar-refractivity contribution in [3.63, 3.8) is 0 Å². The zero-order chi connectivity index (χ0) is 12.1. The van der Waals surface area contributed by atoms with Crippen LogP contribution in [0.5, 0.6) is 0 Å². The highest BCUT2D eigenvalue weighted by Gasteiger charge is 2.07. The highest BCUT2D eigenvalue weighted by atomic mass is 79.9. The van der Waals surface area contributed by atoms with E-state index in [1.54, 1.807) is 12.1 Å². The normalized spacial score (nSPS) is 9.69. The molecular formula is C10H10BrClN2O2. The molecular weight excluding hydrogens is 295 g/mol. The van der Waals surface area contributed by atoms with Crippen molar-refractivity contribution in [2.75, 3.05) is 5.88 Å². The van der Waals surface area contributed by atoms with Gasteiger partial charge in [-0.15, -0.1) is 11.6 Å². The van der Waals surface area contributed by atoms with Crippen LogP contribution in [0, 0.1) is 6.92 Å². The maximum absolute atomic E-state index is 11.5. The smallest absolute Gasteiger partial charge is 0.269 e. The molecule has 0 atom stereocenters. The summed E-state index contributed by atoms with van der Waals surface area (Å²) in [6, 6.07) is 5.15. The van der Waals surface area contributed by atoms with Crippen molar-refractivity contribution in [2.45, 2.75) is 6.92 Å². The second-order valence-electron chi connectivity index (χ2n) is 3.10. The molecule has 0 spiro atoms. The second kappa shape index (κ2) is 5.86. The first-order chi connectivity index (χ1) is 7.54. The van der Waals surface area contributed by atoms with Gasteiger partial charge in [0.2, 0.25) is 0 Å². The van der Waals surface area contributed by atoms with E-state index in [0.717, 1.165) is 10.0 Å². The van der Waals surface area contributed by atoms with Crippen LogP contribution in [0.1, 0.15) is 15.9 Å². The quantitative estimate of drug-likeness (QED) is 0.646. The van der Waals surface area contributed by atoms with Gasteiger partial charge in [0, 0.05) is 10.0 Å². The Kier molecular flexibility index (Phi) is 4.76. The van der Waals surface area contributed by atoms with Gasteiger partial charge in [-0.05, 0) is 24.6 Å². The first kappa shape index (κ1) is 13.0. The van der Waals surface area contributed by atoms with E-state index >= 15 is 0 Å². The van der Waals surface area contributed by atoms with Crippen LogP contribution in [-0.2, 0) is 4.79 Å². The number of hydrogen-bond donors (Lipinski definition) is 2. The molecule has 0 aliphatic carbocycles. The third-order valence-electron chi connectivity index (χ3n) is 1.87. The lowest BCUT2D eigenvalue weighted by molar-refractivity contribution is -0.119. The van der Waals surface area contributed by atoms with Crippen molar-refractivity contribution in [3.8, 4) is 0 Å². The van der Waals surface area contributed by atoms with Gasteiger partial charge in [0.15, 0.2) is 0 Å². The van der Waals surface area contributed by atoms with E-state index in [9.17, 15) is 9.59 Å². The Bertz CT molecular complexity index is 423. The maximum Gasteiger partial charge on any atom is 0.269 e. The molecule has 0 saturated heterocycles. The van der Waals surface area contributed by atoms with E-state index in [4.69, 9.17) is 11.6 Å². The predicted molar refractivity (Wildman–Crippen MR) is 65.2 cm³/mol. The van der Waals surface area contributed by atoms with Crippen molar-refractivity contribution in [1.29, 1.82) is 0 Å². The first-order valence-electron chi connectivity index (χ1n) is 4.46. The third-order valence-corrected chi connectivity index (χ3v) is 2.97. The molecule has 0 aliphatic heterocycles. The van der Waals surface area contributed by atoms with Crippen molar-refractivity contribution in [1.82, 2.24) is 10.9 Å². The molecule has 0 saturated carbocycles. The zero-order valence-electron chi connectivity index (χ0n) is 8.51. The van der Waals surface area contributed by atoms with Crippen molar-refractivity contribution in [3.05, 3.63) is 33.8 Å². The Morgan fingerprint density at radius 2 is 2.06 bits per heavy atom. The van der Waals surface area contributed by atoms with E-state index in [-0.39, 0.29) is 11.8 Å². The van der Waals surface area contributed by atoms with Crippen LogP contribution in [0.2, 0.25) is 0 Å². The van der Waals surface area contributed by atoms with Crippen LogP contribution in [0.25, 0.3) is 0 Å². The summed E-state index contributed by atoms with van der Waals surface area (Å²) in [6.45, 7) is 1.92. The van der Waals surface area contributed by atoms with E-state index in [0.29, 0.717) is 5.56 Å². The average Bonchev–Trinajstić information content (AvgIpc) is 2.29. The van der Waals surface area contributed by atoms with E-state index < -0.39 is 5.91 Å². The molecule has 16 heavy (non-hydrogen) atoms. The van der Waals surface area contributed by atoms with Gasteiger partial charge < -0.3 is 0 Å². The number of hydrogen-bond acceptors (Lipinski definition) is 2. The predicted octanol–water partition coefficient (Wildman–Crippen LogP) is 1.76. The first-order valence-corrected chi connectivity index (χ1v) is 5.78. The lowest BCUT2D eigenvalue weighted by atomic mass is 10.1. The highest BCUT2D eigenvalue weighted by Crippen LogP contribution is 2.17. The van der Waals surface area contributed by atoms with Gasteiger partial charge in [0.05, 0.1) is 0 Å². The zero-order valence-corrected chi connectivity index (χ0v) is 10.9. The number of aryl methyl sites for hydroxylation is 1. The summed E-state index contributed by atoms with van der Waals surface area (Å²) < 4.78 is 0.837. The monoisotopic (exact) mass is 304 g/mol. The molecule has 0 aliphatic rings. The summed E-state index contributed by atoms with van der Waals surface area (Å²) in [5.74, 6) is -1.04. The van der Waals surface area contributed by atoms with Crippen LogP contribution in [0.3, 0.4) is 0 Å². The minimum absolute atomic E-state index is 0.197. The van der Waals surface area contributed by atoms with Gasteiger partial charge in [-0.3, -0.25) is 20.4 Å². The standard InChI is InChI=1S/C10H10BrClN2O2/c1-6-2-3-7(4-8(6)11)10(16)14-13-9(15)5-12/h2-4H,5H2,1H3,(H,13,15)(H,14,16). The van der Waals surface area contributed by atoms with Crippen LogP contribution in [0.15, 0.2) is 22.7 Å². The van der Waals surface area contributed by atoms with Crippen LogP contribution >= 0.6 is 27.5 Å². The molecule has 4 nitrogen and oxygen atoms in total. The summed E-state index contributed by atoms with van der Waals surface area (Å²) in [5, 5.41) is 0. The van der Waals surface area contributed by atoms with Gasteiger partial charge in [-0.25, -0.2) is 0 Å². The number of amides is 2. The molecule has 0 fully saturated rings. The Hall–Kier alpha value is -1.07. The van der Waals surface area contributed by atoms with Crippen LogP contribution < -0.4 is 10.9 Å².